The summed E-state index contributed by atoms with van der Waals surface area (Å²) in [7, 11) is 0. The molecule has 0 unspecified atom stereocenters. The van der Waals surface area contributed by atoms with E-state index in [1.807, 2.05) is 0 Å². The van der Waals surface area contributed by atoms with Gasteiger partial charge in [0, 0.05) is 6.61 Å². The summed E-state index contributed by atoms with van der Waals surface area (Å²) in [5.41, 5.74) is -0.840. The van der Waals surface area contributed by atoms with Crippen LogP contribution in [0.3, 0.4) is 0 Å². The van der Waals surface area contributed by atoms with Crippen LogP contribution in [-0.2, 0) is 9.53 Å². The third kappa shape index (κ3) is 1.66. The van der Waals surface area contributed by atoms with Gasteiger partial charge in [-0.05, 0) is 32.1 Å². The predicted octanol–water partition coefficient (Wildman–Crippen LogP) is 2.60. The van der Waals surface area contributed by atoms with Crippen molar-refractivity contribution in [1.29, 1.82) is 5.26 Å². The molecule has 0 aromatic heterocycles. The van der Waals surface area contributed by atoms with Crippen molar-refractivity contribution in [1.82, 2.24) is 0 Å². The number of hydrogen-bond donors (Lipinski definition) is 0. The summed E-state index contributed by atoms with van der Waals surface area (Å²) in [6.45, 7) is 0.751. The highest BCUT2D eigenvalue weighted by Gasteiger charge is 2.55. The van der Waals surface area contributed by atoms with E-state index >= 15 is 0 Å². The van der Waals surface area contributed by atoms with E-state index in [0.717, 1.165) is 51.4 Å². The second kappa shape index (κ2) is 4.55. The number of nitriles is 1. The number of ether oxygens (including phenoxy) is 1. The van der Waals surface area contributed by atoms with Gasteiger partial charge in [-0.25, -0.2) is 0 Å². The average molecular weight is 221 g/mol. The Labute approximate surface area is 96.8 Å². The zero-order valence-corrected chi connectivity index (χ0v) is 9.71. The van der Waals surface area contributed by atoms with E-state index in [1.165, 1.54) is 6.42 Å². The molecule has 0 N–H and O–H groups in total. The van der Waals surface area contributed by atoms with Crippen molar-refractivity contribution in [2.45, 2.75) is 57.0 Å². The normalized spacial score (nSPS) is 39.2. The predicted molar refractivity (Wildman–Crippen MR) is 59.7 cm³/mol. The van der Waals surface area contributed by atoms with Crippen molar-refractivity contribution in [3.63, 3.8) is 0 Å². The lowest BCUT2D eigenvalue weighted by Crippen LogP contribution is -2.47. The molecule has 0 radical (unpaired) electrons. The minimum atomic E-state index is -0.522. The van der Waals surface area contributed by atoms with Crippen LogP contribution in [0.15, 0.2) is 0 Å². The third-order valence-electron chi connectivity index (χ3n) is 4.33. The standard InChI is InChI=1S/C13H19NO2/c14-9-8-12(11-15)5-4-7-13(12)6-2-1-3-10-16-13/h11H,1-8,10H2/t12-,13+/m0/s1. The molecule has 1 heterocycles. The van der Waals surface area contributed by atoms with Crippen molar-refractivity contribution >= 4 is 6.29 Å². The van der Waals surface area contributed by atoms with Crippen LogP contribution in [0.2, 0.25) is 0 Å². The molecule has 0 bridgehead atoms. The van der Waals surface area contributed by atoms with Crippen LogP contribution in [0.1, 0.15) is 51.4 Å². The first-order valence-electron chi connectivity index (χ1n) is 6.26. The smallest absolute Gasteiger partial charge is 0.130 e. The fraction of sp³-hybridized carbons (Fsp3) is 0.846. The van der Waals surface area contributed by atoms with E-state index in [2.05, 4.69) is 6.07 Å². The SMILES string of the molecule is N#CC[C@]1(C=O)CCC[C@]12CCCCCO2. The molecule has 1 aliphatic carbocycles. The van der Waals surface area contributed by atoms with Crippen LogP contribution >= 0.6 is 0 Å². The summed E-state index contributed by atoms with van der Waals surface area (Å²) in [5, 5.41) is 8.94. The summed E-state index contributed by atoms with van der Waals surface area (Å²) in [6.07, 6.45) is 8.46. The summed E-state index contributed by atoms with van der Waals surface area (Å²) in [5.74, 6) is 0. The van der Waals surface area contributed by atoms with Gasteiger partial charge in [0.2, 0.25) is 0 Å². The largest absolute Gasteiger partial charge is 0.374 e. The molecule has 1 aliphatic heterocycles. The molecule has 2 fully saturated rings. The first-order chi connectivity index (χ1) is 7.79. The van der Waals surface area contributed by atoms with Crippen molar-refractivity contribution < 1.29 is 9.53 Å². The fourth-order valence-corrected chi connectivity index (χ4v) is 3.38. The van der Waals surface area contributed by atoms with Crippen LogP contribution in [-0.4, -0.2) is 18.5 Å². The van der Waals surface area contributed by atoms with Crippen LogP contribution in [0.4, 0.5) is 0 Å². The van der Waals surface area contributed by atoms with Crippen LogP contribution < -0.4 is 0 Å². The maximum Gasteiger partial charge on any atom is 0.130 e. The average Bonchev–Trinajstić information content (AvgIpc) is 2.49. The van der Waals surface area contributed by atoms with Gasteiger partial charge in [-0.1, -0.05) is 12.8 Å². The molecular formula is C13H19NO2. The number of carbonyl (C=O) groups is 1. The molecular weight excluding hydrogens is 202 g/mol. The molecule has 0 amide bonds. The lowest BCUT2D eigenvalue weighted by molar-refractivity contribution is -0.142. The molecule has 1 spiro atoms. The van der Waals surface area contributed by atoms with Crippen molar-refractivity contribution in [2.24, 2.45) is 5.41 Å². The van der Waals surface area contributed by atoms with Gasteiger partial charge in [-0.3, -0.25) is 0 Å². The number of aldehydes is 1. The van der Waals surface area contributed by atoms with Gasteiger partial charge < -0.3 is 9.53 Å². The Hall–Kier alpha value is -0.880. The maximum atomic E-state index is 11.5. The van der Waals surface area contributed by atoms with Gasteiger partial charge in [-0.15, -0.1) is 0 Å². The highest BCUT2D eigenvalue weighted by molar-refractivity contribution is 5.63. The molecule has 3 heteroatoms. The lowest BCUT2D eigenvalue weighted by atomic mass is 9.71. The Kier molecular flexibility index (Phi) is 3.30. The van der Waals surface area contributed by atoms with Gasteiger partial charge in [0.05, 0.1) is 23.5 Å². The number of rotatable bonds is 2. The van der Waals surface area contributed by atoms with Crippen LogP contribution in [0, 0.1) is 16.7 Å². The van der Waals surface area contributed by atoms with E-state index in [0.29, 0.717) is 6.42 Å². The van der Waals surface area contributed by atoms with Crippen LogP contribution in [0.25, 0.3) is 0 Å². The van der Waals surface area contributed by atoms with Crippen LogP contribution in [0.5, 0.6) is 0 Å². The van der Waals surface area contributed by atoms with Gasteiger partial charge in [0.15, 0.2) is 0 Å². The topological polar surface area (TPSA) is 50.1 Å². The highest BCUT2D eigenvalue weighted by Crippen LogP contribution is 2.53. The highest BCUT2D eigenvalue weighted by atomic mass is 16.5. The Morgan fingerprint density at radius 2 is 2.00 bits per heavy atom. The molecule has 1 saturated carbocycles. The number of hydrogen-bond acceptors (Lipinski definition) is 3. The van der Waals surface area contributed by atoms with E-state index in [9.17, 15) is 4.79 Å². The minimum Gasteiger partial charge on any atom is -0.374 e. The van der Waals surface area contributed by atoms with Gasteiger partial charge in [0.25, 0.3) is 0 Å². The second-order valence-electron chi connectivity index (χ2n) is 5.12. The van der Waals surface area contributed by atoms with Crippen molar-refractivity contribution in [3.05, 3.63) is 0 Å². The van der Waals surface area contributed by atoms with E-state index in [1.54, 1.807) is 0 Å². The Balaban J connectivity index is 2.28. The lowest BCUT2D eigenvalue weighted by Gasteiger charge is -2.40. The molecule has 0 aromatic carbocycles. The van der Waals surface area contributed by atoms with E-state index in [-0.39, 0.29) is 5.60 Å². The van der Waals surface area contributed by atoms with Crippen molar-refractivity contribution in [3.8, 4) is 6.07 Å². The fourth-order valence-electron chi connectivity index (χ4n) is 3.38. The molecule has 88 valence electrons. The zero-order valence-electron chi connectivity index (χ0n) is 9.71. The second-order valence-corrected chi connectivity index (χ2v) is 5.12. The quantitative estimate of drug-likeness (QED) is 0.673. The molecule has 2 rings (SSSR count). The molecule has 3 nitrogen and oxygen atoms in total. The summed E-state index contributed by atoms with van der Waals surface area (Å²) in [6, 6.07) is 2.18. The first kappa shape index (κ1) is 11.6. The van der Waals surface area contributed by atoms with Gasteiger partial charge in [0.1, 0.15) is 6.29 Å². The van der Waals surface area contributed by atoms with E-state index < -0.39 is 5.41 Å². The minimum absolute atomic E-state index is 0.316. The molecule has 0 aromatic rings. The third-order valence-corrected chi connectivity index (χ3v) is 4.33. The van der Waals surface area contributed by atoms with Gasteiger partial charge in [-0.2, -0.15) is 5.26 Å². The number of carbonyl (C=O) groups excluding carboxylic acids is 1. The Morgan fingerprint density at radius 1 is 1.19 bits per heavy atom. The Bertz CT molecular complexity index is 300. The number of nitrogens with zero attached hydrogens (tertiary/aromatic N) is 1. The molecule has 2 atom stereocenters. The van der Waals surface area contributed by atoms with Gasteiger partial charge >= 0.3 is 0 Å². The van der Waals surface area contributed by atoms with E-state index in [4.69, 9.17) is 10.00 Å². The zero-order chi connectivity index (χ0) is 11.5. The first-order valence-corrected chi connectivity index (χ1v) is 6.26. The monoisotopic (exact) mass is 221 g/mol. The summed E-state index contributed by atoms with van der Waals surface area (Å²) >= 11 is 0. The van der Waals surface area contributed by atoms with Crippen molar-refractivity contribution in [2.75, 3.05) is 6.61 Å². The molecule has 2 aliphatic rings. The maximum absolute atomic E-state index is 11.5. The molecule has 16 heavy (non-hydrogen) atoms. The summed E-state index contributed by atoms with van der Waals surface area (Å²) in [4.78, 5) is 11.5. The summed E-state index contributed by atoms with van der Waals surface area (Å²) < 4.78 is 6.03. The molecule has 1 saturated heterocycles. The Morgan fingerprint density at radius 3 is 2.75 bits per heavy atom.